The van der Waals surface area contributed by atoms with Crippen LogP contribution in [0.3, 0.4) is 0 Å². The first-order valence-electron chi connectivity index (χ1n) is 7.36. The van der Waals surface area contributed by atoms with Crippen molar-refractivity contribution in [3.05, 3.63) is 33.3 Å². The minimum atomic E-state index is 0.670. The average Bonchev–Trinajstić information content (AvgIpc) is 2.42. The van der Waals surface area contributed by atoms with Crippen LogP contribution in [0.15, 0.2) is 22.7 Å². The van der Waals surface area contributed by atoms with E-state index in [-0.39, 0.29) is 0 Å². The van der Waals surface area contributed by atoms with Crippen LogP contribution in [-0.4, -0.2) is 6.04 Å². The fraction of sp³-hybridized carbons (Fsp3) is 0.625. The normalized spacial score (nSPS) is 23.5. The van der Waals surface area contributed by atoms with E-state index in [4.69, 9.17) is 11.6 Å². The summed E-state index contributed by atoms with van der Waals surface area (Å²) < 4.78 is 1.10. The van der Waals surface area contributed by atoms with Gasteiger partial charge in [0.05, 0.1) is 0 Å². The van der Waals surface area contributed by atoms with E-state index in [2.05, 4.69) is 34.2 Å². The van der Waals surface area contributed by atoms with Crippen LogP contribution in [0.4, 0.5) is 0 Å². The van der Waals surface area contributed by atoms with Crippen LogP contribution < -0.4 is 5.32 Å². The maximum atomic E-state index is 6.22. The van der Waals surface area contributed by atoms with Gasteiger partial charge in [0.15, 0.2) is 0 Å². The predicted octanol–water partition coefficient (Wildman–Crippen LogP) is 5.55. The first-order chi connectivity index (χ1) is 9.19. The third kappa shape index (κ3) is 4.77. The molecular weight excluding hydrogens is 322 g/mol. The molecule has 0 aliphatic heterocycles. The molecule has 1 N–H and O–H groups in total. The molecule has 0 amide bonds. The summed E-state index contributed by atoms with van der Waals surface area (Å²) in [6.45, 7) is 3.17. The maximum Gasteiger partial charge on any atom is 0.0451 e. The maximum absolute atomic E-state index is 6.22. The van der Waals surface area contributed by atoms with Gasteiger partial charge in [-0.15, -0.1) is 0 Å². The lowest BCUT2D eigenvalue weighted by molar-refractivity contribution is 0.277. The molecule has 0 heterocycles. The van der Waals surface area contributed by atoms with Crippen molar-refractivity contribution >= 4 is 27.5 Å². The van der Waals surface area contributed by atoms with Crippen LogP contribution in [0.1, 0.15) is 51.0 Å². The lowest BCUT2D eigenvalue weighted by Gasteiger charge is -2.29. The first kappa shape index (κ1) is 15.3. The Labute approximate surface area is 130 Å². The van der Waals surface area contributed by atoms with Gasteiger partial charge in [-0.25, -0.2) is 0 Å². The lowest BCUT2D eigenvalue weighted by atomic mass is 9.83. The van der Waals surface area contributed by atoms with E-state index in [1.807, 2.05) is 12.1 Å². The van der Waals surface area contributed by atoms with Crippen molar-refractivity contribution in [2.45, 2.75) is 58.0 Å². The molecule has 1 fully saturated rings. The van der Waals surface area contributed by atoms with Crippen molar-refractivity contribution in [1.29, 1.82) is 0 Å². The topological polar surface area (TPSA) is 12.0 Å². The molecule has 19 heavy (non-hydrogen) atoms. The third-order valence-corrected chi connectivity index (χ3v) is 4.99. The Morgan fingerprint density at radius 3 is 2.68 bits per heavy atom. The molecule has 0 saturated heterocycles. The largest absolute Gasteiger partial charge is 0.310 e. The SMILES string of the molecule is CCCC1CCC(NCc2cc(Br)ccc2Cl)CC1. The number of halogens is 2. The Hall–Kier alpha value is -0.0500. The average molecular weight is 345 g/mol. The summed E-state index contributed by atoms with van der Waals surface area (Å²) in [5, 5.41) is 4.52. The Morgan fingerprint density at radius 2 is 2.00 bits per heavy atom. The van der Waals surface area contributed by atoms with Gasteiger partial charge in [-0.05, 0) is 55.4 Å². The van der Waals surface area contributed by atoms with Crippen LogP contribution in [0, 0.1) is 5.92 Å². The van der Waals surface area contributed by atoms with Crippen LogP contribution in [0.25, 0.3) is 0 Å². The van der Waals surface area contributed by atoms with Crippen molar-refractivity contribution in [3.8, 4) is 0 Å². The fourth-order valence-electron chi connectivity index (χ4n) is 3.00. The quantitative estimate of drug-likeness (QED) is 0.738. The Balaban J connectivity index is 1.79. The zero-order chi connectivity index (χ0) is 13.7. The number of hydrogen-bond donors (Lipinski definition) is 1. The molecule has 0 atom stereocenters. The van der Waals surface area contributed by atoms with Gasteiger partial charge in [-0.2, -0.15) is 0 Å². The van der Waals surface area contributed by atoms with Gasteiger partial charge in [0.2, 0.25) is 0 Å². The van der Waals surface area contributed by atoms with Gasteiger partial charge in [0.25, 0.3) is 0 Å². The summed E-state index contributed by atoms with van der Waals surface area (Å²) in [6, 6.07) is 6.73. The number of rotatable bonds is 5. The van der Waals surface area contributed by atoms with E-state index >= 15 is 0 Å². The summed E-state index contributed by atoms with van der Waals surface area (Å²) in [5.74, 6) is 0.970. The van der Waals surface area contributed by atoms with Gasteiger partial charge < -0.3 is 5.32 Å². The van der Waals surface area contributed by atoms with Gasteiger partial charge in [-0.1, -0.05) is 47.3 Å². The molecule has 2 rings (SSSR count). The second-order valence-electron chi connectivity index (χ2n) is 5.62. The van der Waals surface area contributed by atoms with E-state index in [9.17, 15) is 0 Å². The second kappa shape index (κ2) is 7.66. The van der Waals surface area contributed by atoms with Gasteiger partial charge >= 0.3 is 0 Å². The van der Waals surface area contributed by atoms with Crippen molar-refractivity contribution < 1.29 is 0 Å². The van der Waals surface area contributed by atoms with Crippen LogP contribution >= 0.6 is 27.5 Å². The minimum Gasteiger partial charge on any atom is -0.310 e. The summed E-state index contributed by atoms with van der Waals surface area (Å²) in [5.41, 5.74) is 1.19. The number of benzene rings is 1. The smallest absolute Gasteiger partial charge is 0.0451 e. The highest BCUT2D eigenvalue weighted by molar-refractivity contribution is 9.10. The second-order valence-corrected chi connectivity index (χ2v) is 6.95. The highest BCUT2D eigenvalue weighted by Crippen LogP contribution is 2.28. The molecule has 1 saturated carbocycles. The summed E-state index contributed by atoms with van der Waals surface area (Å²) >= 11 is 9.72. The predicted molar refractivity (Wildman–Crippen MR) is 86.6 cm³/mol. The highest BCUT2D eigenvalue weighted by atomic mass is 79.9. The lowest BCUT2D eigenvalue weighted by Crippen LogP contribution is -2.32. The molecule has 3 heteroatoms. The molecule has 0 bridgehead atoms. The minimum absolute atomic E-state index is 0.670. The van der Waals surface area contributed by atoms with Gasteiger partial charge in [-0.3, -0.25) is 0 Å². The molecule has 1 aliphatic carbocycles. The van der Waals surface area contributed by atoms with E-state index in [0.717, 1.165) is 22.0 Å². The van der Waals surface area contributed by atoms with E-state index < -0.39 is 0 Å². The fourth-order valence-corrected chi connectivity index (χ4v) is 3.59. The van der Waals surface area contributed by atoms with Crippen molar-refractivity contribution in [1.82, 2.24) is 5.32 Å². The Kier molecular flexibility index (Phi) is 6.18. The van der Waals surface area contributed by atoms with Crippen molar-refractivity contribution in [2.24, 2.45) is 5.92 Å². The summed E-state index contributed by atoms with van der Waals surface area (Å²) in [6.07, 6.45) is 8.14. The molecule has 0 spiro atoms. The van der Waals surface area contributed by atoms with E-state index in [1.165, 1.54) is 44.1 Å². The van der Waals surface area contributed by atoms with Crippen LogP contribution in [0.5, 0.6) is 0 Å². The monoisotopic (exact) mass is 343 g/mol. The van der Waals surface area contributed by atoms with Crippen LogP contribution in [-0.2, 0) is 6.54 Å². The van der Waals surface area contributed by atoms with Gasteiger partial charge in [0, 0.05) is 22.1 Å². The van der Waals surface area contributed by atoms with E-state index in [0.29, 0.717) is 6.04 Å². The first-order valence-corrected chi connectivity index (χ1v) is 8.53. The third-order valence-electron chi connectivity index (χ3n) is 4.13. The van der Waals surface area contributed by atoms with E-state index in [1.54, 1.807) is 0 Å². The Morgan fingerprint density at radius 1 is 1.26 bits per heavy atom. The molecule has 1 aromatic rings. The summed E-state index contributed by atoms with van der Waals surface area (Å²) in [7, 11) is 0. The van der Waals surface area contributed by atoms with Gasteiger partial charge in [0.1, 0.15) is 0 Å². The molecule has 0 unspecified atom stereocenters. The van der Waals surface area contributed by atoms with Crippen molar-refractivity contribution in [2.75, 3.05) is 0 Å². The zero-order valence-corrected chi connectivity index (χ0v) is 13.9. The molecule has 1 nitrogen and oxygen atoms in total. The molecule has 1 aromatic carbocycles. The highest BCUT2D eigenvalue weighted by Gasteiger charge is 2.20. The molecule has 0 aromatic heterocycles. The molecule has 0 radical (unpaired) electrons. The zero-order valence-electron chi connectivity index (χ0n) is 11.6. The number of nitrogens with one attached hydrogen (secondary N) is 1. The molecule has 1 aliphatic rings. The standard InChI is InChI=1S/C16H23BrClN/c1-2-3-12-4-7-15(8-5-12)19-11-13-10-14(17)6-9-16(13)18/h6,9-10,12,15,19H,2-5,7-8,11H2,1H3. The summed E-state index contributed by atoms with van der Waals surface area (Å²) in [4.78, 5) is 0. The Bertz CT molecular complexity index is 400. The van der Waals surface area contributed by atoms with Crippen LogP contribution in [0.2, 0.25) is 5.02 Å². The van der Waals surface area contributed by atoms with Crippen molar-refractivity contribution in [3.63, 3.8) is 0 Å². The molecular formula is C16H23BrClN. The molecule has 106 valence electrons. The number of hydrogen-bond acceptors (Lipinski definition) is 1.